The number of rotatable bonds is 6. The molecule has 1 N–H and O–H groups in total. The van der Waals surface area contributed by atoms with Gasteiger partial charge in [0.05, 0.1) is 7.11 Å². The number of hydrogen-bond donors (Lipinski definition) is 1. The smallest absolute Gasteiger partial charge is 0.144 e. The van der Waals surface area contributed by atoms with Crippen molar-refractivity contribution in [1.29, 1.82) is 0 Å². The van der Waals surface area contributed by atoms with Gasteiger partial charge in [0.1, 0.15) is 11.5 Å². The molecule has 21 heavy (non-hydrogen) atoms. The third-order valence-corrected chi connectivity index (χ3v) is 4.88. The highest BCUT2D eigenvalue weighted by Crippen LogP contribution is 2.35. The summed E-state index contributed by atoms with van der Waals surface area (Å²) in [6, 6.07) is 5.85. The van der Waals surface area contributed by atoms with E-state index in [4.69, 9.17) is 4.74 Å². The van der Waals surface area contributed by atoms with Crippen LogP contribution in [0.2, 0.25) is 0 Å². The van der Waals surface area contributed by atoms with Gasteiger partial charge in [0.25, 0.3) is 0 Å². The van der Waals surface area contributed by atoms with E-state index < -0.39 is 0 Å². The molecule has 1 atom stereocenters. The average Bonchev–Trinajstić information content (AvgIpc) is 2.49. The first kappa shape index (κ1) is 16.5. The SMILES string of the molecule is CCCC1(C(=O)Cc2cc(Br)ccc2OC)CCCNC1. The lowest BCUT2D eigenvalue weighted by Crippen LogP contribution is -2.46. The Morgan fingerprint density at radius 2 is 2.29 bits per heavy atom. The van der Waals surface area contributed by atoms with Crippen LogP contribution in [0.3, 0.4) is 0 Å². The van der Waals surface area contributed by atoms with Crippen LogP contribution in [0.4, 0.5) is 0 Å². The van der Waals surface area contributed by atoms with Crippen molar-refractivity contribution in [3.63, 3.8) is 0 Å². The topological polar surface area (TPSA) is 38.3 Å². The van der Waals surface area contributed by atoms with Crippen molar-refractivity contribution in [2.45, 2.75) is 39.0 Å². The first-order chi connectivity index (χ1) is 10.1. The molecule has 1 unspecified atom stereocenters. The van der Waals surface area contributed by atoms with Crippen LogP contribution in [0.15, 0.2) is 22.7 Å². The number of halogens is 1. The van der Waals surface area contributed by atoms with Crippen LogP contribution in [0.1, 0.15) is 38.2 Å². The van der Waals surface area contributed by atoms with Crippen LogP contribution < -0.4 is 10.1 Å². The maximum absolute atomic E-state index is 12.9. The molecular formula is C17H24BrNO2. The molecule has 1 aromatic carbocycles. The second-order valence-corrected chi connectivity index (χ2v) is 6.78. The van der Waals surface area contributed by atoms with E-state index in [1.54, 1.807) is 7.11 Å². The van der Waals surface area contributed by atoms with E-state index in [2.05, 4.69) is 28.2 Å². The van der Waals surface area contributed by atoms with Crippen LogP contribution in [-0.2, 0) is 11.2 Å². The van der Waals surface area contributed by atoms with Crippen molar-refractivity contribution in [2.24, 2.45) is 5.41 Å². The van der Waals surface area contributed by atoms with Gasteiger partial charge in [-0.15, -0.1) is 0 Å². The summed E-state index contributed by atoms with van der Waals surface area (Å²) in [6.07, 6.45) is 4.55. The minimum Gasteiger partial charge on any atom is -0.496 e. The van der Waals surface area contributed by atoms with E-state index in [0.717, 1.165) is 54.6 Å². The molecule has 0 spiro atoms. The van der Waals surface area contributed by atoms with E-state index in [9.17, 15) is 4.79 Å². The van der Waals surface area contributed by atoms with Gasteiger partial charge < -0.3 is 10.1 Å². The fourth-order valence-electron chi connectivity index (χ4n) is 3.28. The summed E-state index contributed by atoms with van der Waals surface area (Å²) >= 11 is 3.48. The minimum absolute atomic E-state index is 0.194. The quantitative estimate of drug-likeness (QED) is 0.846. The summed E-state index contributed by atoms with van der Waals surface area (Å²) < 4.78 is 6.38. The lowest BCUT2D eigenvalue weighted by molar-refractivity contribution is -0.129. The number of Topliss-reactive ketones (excluding diaryl/α,β-unsaturated/α-hetero) is 1. The Morgan fingerprint density at radius 3 is 2.90 bits per heavy atom. The molecular weight excluding hydrogens is 330 g/mol. The van der Waals surface area contributed by atoms with Crippen molar-refractivity contribution in [3.05, 3.63) is 28.2 Å². The largest absolute Gasteiger partial charge is 0.496 e. The molecule has 3 nitrogen and oxygen atoms in total. The number of benzene rings is 1. The number of hydrogen-bond acceptors (Lipinski definition) is 3. The zero-order valence-electron chi connectivity index (χ0n) is 12.9. The molecule has 1 saturated heterocycles. The first-order valence-electron chi connectivity index (χ1n) is 7.68. The Hall–Kier alpha value is -0.870. The van der Waals surface area contributed by atoms with Crippen LogP contribution in [0.25, 0.3) is 0 Å². The van der Waals surface area contributed by atoms with E-state index in [1.807, 2.05) is 18.2 Å². The van der Waals surface area contributed by atoms with Gasteiger partial charge in [0.15, 0.2) is 0 Å². The molecule has 1 aliphatic rings. The summed E-state index contributed by atoms with van der Waals surface area (Å²) in [4.78, 5) is 12.9. The third-order valence-electron chi connectivity index (χ3n) is 4.39. The van der Waals surface area contributed by atoms with Gasteiger partial charge in [-0.1, -0.05) is 29.3 Å². The molecule has 0 aliphatic carbocycles. The van der Waals surface area contributed by atoms with Crippen LogP contribution in [-0.4, -0.2) is 26.0 Å². The Balaban J connectivity index is 2.20. The predicted octanol–water partition coefficient (Wildman–Crippen LogP) is 3.74. The van der Waals surface area contributed by atoms with Crippen molar-refractivity contribution in [3.8, 4) is 5.75 Å². The Labute approximate surface area is 135 Å². The third kappa shape index (κ3) is 3.86. The highest BCUT2D eigenvalue weighted by atomic mass is 79.9. The molecule has 0 amide bonds. The molecule has 1 heterocycles. The number of piperidine rings is 1. The van der Waals surface area contributed by atoms with E-state index in [1.165, 1.54) is 0 Å². The van der Waals surface area contributed by atoms with Crippen LogP contribution >= 0.6 is 15.9 Å². The summed E-state index contributed by atoms with van der Waals surface area (Å²) in [5.41, 5.74) is 0.776. The second kappa shape index (κ2) is 7.41. The van der Waals surface area contributed by atoms with Crippen molar-refractivity contribution >= 4 is 21.7 Å². The lowest BCUT2D eigenvalue weighted by atomic mass is 9.72. The average molecular weight is 354 g/mol. The van der Waals surface area contributed by atoms with Crippen molar-refractivity contribution in [2.75, 3.05) is 20.2 Å². The molecule has 0 aromatic heterocycles. The summed E-state index contributed by atoms with van der Waals surface area (Å²) in [5, 5.41) is 3.41. The second-order valence-electron chi connectivity index (χ2n) is 5.87. The van der Waals surface area contributed by atoms with E-state index in [0.29, 0.717) is 12.2 Å². The van der Waals surface area contributed by atoms with Gasteiger partial charge in [-0.05, 0) is 44.0 Å². The summed E-state index contributed by atoms with van der Waals surface area (Å²) in [7, 11) is 1.65. The molecule has 1 aromatic rings. The number of nitrogens with one attached hydrogen (secondary N) is 1. The highest BCUT2D eigenvalue weighted by molar-refractivity contribution is 9.10. The zero-order valence-corrected chi connectivity index (χ0v) is 14.5. The fourth-order valence-corrected chi connectivity index (χ4v) is 3.69. The van der Waals surface area contributed by atoms with Gasteiger partial charge in [-0.3, -0.25) is 4.79 Å². The van der Waals surface area contributed by atoms with Gasteiger partial charge in [-0.25, -0.2) is 0 Å². The molecule has 116 valence electrons. The van der Waals surface area contributed by atoms with Crippen LogP contribution in [0, 0.1) is 5.41 Å². The summed E-state index contributed by atoms with van der Waals surface area (Å²) in [5.74, 6) is 1.13. The monoisotopic (exact) mass is 353 g/mol. The lowest BCUT2D eigenvalue weighted by Gasteiger charge is -2.36. The molecule has 0 bridgehead atoms. The first-order valence-corrected chi connectivity index (χ1v) is 8.47. The van der Waals surface area contributed by atoms with Crippen LogP contribution in [0.5, 0.6) is 5.75 Å². The normalized spacial score (nSPS) is 22.0. The maximum Gasteiger partial charge on any atom is 0.144 e. The number of ketones is 1. The zero-order chi connectivity index (χ0) is 15.3. The van der Waals surface area contributed by atoms with E-state index in [-0.39, 0.29) is 5.41 Å². The number of carbonyl (C=O) groups is 1. The Morgan fingerprint density at radius 1 is 1.48 bits per heavy atom. The van der Waals surface area contributed by atoms with Crippen molar-refractivity contribution in [1.82, 2.24) is 5.32 Å². The Bertz CT molecular complexity index is 490. The summed E-state index contributed by atoms with van der Waals surface area (Å²) in [6.45, 7) is 4.00. The van der Waals surface area contributed by atoms with Gasteiger partial charge >= 0.3 is 0 Å². The predicted molar refractivity (Wildman–Crippen MR) is 88.8 cm³/mol. The molecule has 0 saturated carbocycles. The fraction of sp³-hybridized carbons (Fsp3) is 0.588. The molecule has 4 heteroatoms. The van der Waals surface area contributed by atoms with Crippen molar-refractivity contribution < 1.29 is 9.53 Å². The maximum atomic E-state index is 12.9. The molecule has 2 rings (SSSR count). The van der Waals surface area contributed by atoms with Gasteiger partial charge in [-0.2, -0.15) is 0 Å². The number of carbonyl (C=O) groups excluding carboxylic acids is 1. The van der Waals surface area contributed by atoms with Gasteiger partial charge in [0, 0.05) is 28.4 Å². The molecule has 1 fully saturated rings. The number of methoxy groups -OCH3 is 1. The molecule has 0 radical (unpaired) electrons. The standard InChI is InChI=1S/C17H24BrNO2/c1-3-7-17(8-4-9-19-12-17)16(20)11-13-10-14(18)5-6-15(13)21-2/h5-6,10,19H,3-4,7-9,11-12H2,1-2H3. The van der Waals surface area contributed by atoms with Gasteiger partial charge in [0.2, 0.25) is 0 Å². The Kier molecular flexibility index (Phi) is 5.82. The molecule has 1 aliphatic heterocycles. The highest BCUT2D eigenvalue weighted by Gasteiger charge is 2.38. The van der Waals surface area contributed by atoms with E-state index >= 15 is 0 Å². The minimum atomic E-state index is -0.194. The number of ether oxygens (including phenoxy) is 1.